The van der Waals surface area contributed by atoms with Crippen LogP contribution in [0.1, 0.15) is 30.8 Å². The molecular weight excluding hydrogens is 286 g/mol. The van der Waals surface area contributed by atoms with Crippen LogP contribution in [-0.2, 0) is 6.42 Å². The number of fused-ring (bicyclic) bond motifs is 2. The van der Waals surface area contributed by atoms with Crippen molar-refractivity contribution in [3.8, 4) is 0 Å². The van der Waals surface area contributed by atoms with Crippen molar-refractivity contribution in [1.82, 2.24) is 9.97 Å². The van der Waals surface area contributed by atoms with E-state index in [2.05, 4.69) is 46.1 Å². The normalized spacial score (nSPS) is 15.4. The fraction of sp³-hybridized carbons (Fsp3) is 0.263. The smallest absolute Gasteiger partial charge is 0.258 e. The molecule has 1 N–H and O–H groups in total. The van der Waals surface area contributed by atoms with Gasteiger partial charge in [-0.1, -0.05) is 30.3 Å². The topological polar surface area (TPSA) is 49.0 Å². The number of nitrogens with zero attached hydrogens (tertiary/aromatic N) is 2. The van der Waals surface area contributed by atoms with E-state index in [1.54, 1.807) is 0 Å². The molecule has 0 radical (unpaired) electrons. The van der Waals surface area contributed by atoms with Gasteiger partial charge in [0.25, 0.3) is 5.56 Å². The summed E-state index contributed by atoms with van der Waals surface area (Å²) in [6.45, 7) is 3.09. The molecule has 4 heteroatoms. The first-order valence-corrected chi connectivity index (χ1v) is 8.07. The third-order valence-electron chi connectivity index (χ3n) is 4.64. The molecule has 1 aliphatic heterocycles. The Morgan fingerprint density at radius 3 is 2.83 bits per heavy atom. The molecule has 2 aromatic carbocycles. The molecule has 2 heterocycles. The lowest BCUT2D eigenvalue weighted by Gasteiger charge is -2.35. The minimum Gasteiger partial charge on any atom is -0.361 e. The van der Waals surface area contributed by atoms with E-state index in [0.717, 1.165) is 30.7 Å². The fourth-order valence-corrected chi connectivity index (χ4v) is 3.41. The maximum absolute atomic E-state index is 12.3. The van der Waals surface area contributed by atoms with Crippen molar-refractivity contribution in [3.05, 3.63) is 70.3 Å². The largest absolute Gasteiger partial charge is 0.361 e. The first kappa shape index (κ1) is 14.0. The second-order valence-corrected chi connectivity index (χ2v) is 6.07. The number of para-hydroxylation sites is 2. The van der Waals surface area contributed by atoms with Crippen LogP contribution in [0.2, 0.25) is 0 Å². The van der Waals surface area contributed by atoms with E-state index in [1.807, 2.05) is 24.3 Å². The Bertz CT molecular complexity index is 916. The van der Waals surface area contributed by atoms with Crippen molar-refractivity contribution in [1.29, 1.82) is 0 Å². The molecule has 116 valence electrons. The zero-order chi connectivity index (χ0) is 15.8. The maximum Gasteiger partial charge on any atom is 0.258 e. The molecule has 1 aromatic heterocycles. The highest BCUT2D eigenvalue weighted by Gasteiger charge is 2.23. The van der Waals surface area contributed by atoms with Crippen LogP contribution >= 0.6 is 0 Å². The third-order valence-corrected chi connectivity index (χ3v) is 4.64. The first-order chi connectivity index (χ1) is 11.2. The predicted molar refractivity (Wildman–Crippen MR) is 92.9 cm³/mol. The molecule has 3 aromatic rings. The van der Waals surface area contributed by atoms with Gasteiger partial charge >= 0.3 is 0 Å². The number of anilines is 1. The van der Waals surface area contributed by atoms with E-state index in [4.69, 9.17) is 0 Å². The maximum atomic E-state index is 12.3. The summed E-state index contributed by atoms with van der Waals surface area (Å²) in [5.74, 6) is 0.727. The summed E-state index contributed by atoms with van der Waals surface area (Å²) in [5.41, 5.74) is 3.31. The molecule has 0 spiro atoms. The van der Waals surface area contributed by atoms with Crippen molar-refractivity contribution in [2.45, 2.75) is 25.8 Å². The molecule has 0 bridgehead atoms. The average molecular weight is 305 g/mol. The van der Waals surface area contributed by atoms with Gasteiger partial charge in [-0.25, -0.2) is 4.98 Å². The van der Waals surface area contributed by atoms with Gasteiger partial charge in [-0.15, -0.1) is 0 Å². The second-order valence-electron chi connectivity index (χ2n) is 6.07. The fourth-order valence-electron chi connectivity index (χ4n) is 3.41. The Hall–Kier alpha value is -2.62. The number of aromatic amines is 1. The summed E-state index contributed by atoms with van der Waals surface area (Å²) in [4.78, 5) is 22.3. The standard InChI is InChI=1S/C19H19N3O/c1-13(22-12-6-8-14-7-2-5-11-17(14)22)18-20-16-10-4-3-9-15(16)19(23)21-18/h2-5,7,9-11,13H,6,8,12H2,1H3,(H,20,21,23)/t13-/m0/s1. The summed E-state index contributed by atoms with van der Waals surface area (Å²) < 4.78 is 0. The molecule has 0 saturated carbocycles. The Kier molecular flexibility index (Phi) is 3.37. The van der Waals surface area contributed by atoms with Crippen molar-refractivity contribution in [2.24, 2.45) is 0 Å². The van der Waals surface area contributed by atoms with E-state index in [9.17, 15) is 4.79 Å². The predicted octanol–water partition coefficient (Wildman–Crippen LogP) is 3.44. The lowest BCUT2D eigenvalue weighted by Crippen LogP contribution is -2.33. The number of H-pyrrole nitrogens is 1. The highest BCUT2D eigenvalue weighted by molar-refractivity contribution is 5.77. The van der Waals surface area contributed by atoms with E-state index in [0.29, 0.717) is 5.39 Å². The number of hydrogen-bond acceptors (Lipinski definition) is 3. The minimum atomic E-state index is -0.0669. The van der Waals surface area contributed by atoms with Gasteiger partial charge in [0.05, 0.1) is 16.9 Å². The van der Waals surface area contributed by atoms with Crippen molar-refractivity contribution in [3.63, 3.8) is 0 Å². The quantitative estimate of drug-likeness (QED) is 0.789. The van der Waals surface area contributed by atoms with E-state index in [1.165, 1.54) is 11.3 Å². The van der Waals surface area contributed by atoms with Gasteiger partial charge < -0.3 is 9.88 Å². The first-order valence-electron chi connectivity index (χ1n) is 8.07. The number of hydrogen-bond donors (Lipinski definition) is 1. The molecular formula is C19H19N3O. The van der Waals surface area contributed by atoms with Crippen LogP contribution in [0.3, 0.4) is 0 Å². The number of nitrogens with one attached hydrogen (secondary N) is 1. The van der Waals surface area contributed by atoms with Crippen LogP contribution < -0.4 is 10.5 Å². The van der Waals surface area contributed by atoms with Crippen molar-refractivity contribution < 1.29 is 0 Å². The Morgan fingerprint density at radius 1 is 1.13 bits per heavy atom. The van der Waals surface area contributed by atoms with Crippen LogP contribution in [0.15, 0.2) is 53.3 Å². The van der Waals surface area contributed by atoms with Gasteiger partial charge in [0.15, 0.2) is 0 Å². The van der Waals surface area contributed by atoms with Gasteiger partial charge in [0.2, 0.25) is 0 Å². The summed E-state index contributed by atoms with van der Waals surface area (Å²) in [7, 11) is 0. The van der Waals surface area contributed by atoms with Crippen molar-refractivity contribution in [2.75, 3.05) is 11.4 Å². The van der Waals surface area contributed by atoms with Crippen LogP contribution in [-0.4, -0.2) is 16.5 Å². The highest BCUT2D eigenvalue weighted by Crippen LogP contribution is 2.32. The van der Waals surface area contributed by atoms with E-state index in [-0.39, 0.29) is 11.6 Å². The average Bonchev–Trinajstić information content (AvgIpc) is 2.60. The molecule has 1 atom stereocenters. The summed E-state index contributed by atoms with van der Waals surface area (Å²) in [6.07, 6.45) is 2.24. The van der Waals surface area contributed by atoms with Crippen LogP contribution in [0, 0.1) is 0 Å². The SMILES string of the molecule is C[C@@H](c1nc2ccccc2c(=O)[nH]1)N1CCCc2ccccc21. The number of rotatable bonds is 2. The van der Waals surface area contributed by atoms with Crippen LogP contribution in [0.5, 0.6) is 0 Å². The van der Waals surface area contributed by atoms with Gasteiger partial charge in [-0.05, 0) is 43.5 Å². The van der Waals surface area contributed by atoms with E-state index < -0.39 is 0 Å². The summed E-state index contributed by atoms with van der Waals surface area (Å²) in [5, 5.41) is 0.641. The molecule has 0 fully saturated rings. The lowest BCUT2D eigenvalue weighted by molar-refractivity contribution is 0.591. The van der Waals surface area contributed by atoms with Gasteiger partial charge in [-0.2, -0.15) is 0 Å². The molecule has 0 saturated heterocycles. The lowest BCUT2D eigenvalue weighted by atomic mass is 10.00. The summed E-state index contributed by atoms with van der Waals surface area (Å²) in [6, 6.07) is 16.0. The number of benzene rings is 2. The zero-order valence-corrected chi connectivity index (χ0v) is 13.1. The van der Waals surface area contributed by atoms with Gasteiger partial charge in [-0.3, -0.25) is 4.79 Å². The molecule has 23 heavy (non-hydrogen) atoms. The summed E-state index contributed by atoms with van der Waals surface area (Å²) >= 11 is 0. The molecule has 1 aliphatic rings. The zero-order valence-electron chi connectivity index (χ0n) is 13.1. The Labute approximate surface area is 134 Å². The molecule has 0 aliphatic carbocycles. The highest BCUT2D eigenvalue weighted by atomic mass is 16.1. The third kappa shape index (κ3) is 2.40. The minimum absolute atomic E-state index is 0.0359. The Morgan fingerprint density at radius 2 is 1.91 bits per heavy atom. The van der Waals surface area contributed by atoms with Gasteiger partial charge in [0, 0.05) is 12.2 Å². The van der Waals surface area contributed by atoms with E-state index >= 15 is 0 Å². The molecule has 0 amide bonds. The number of aryl methyl sites for hydroxylation is 1. The molecule has 4 rings (SSSR count). The molecule has 0 unspecified atom stereocenters. The van der Waals surface area contributed by atoms with Gasteiger partial charge in [0.1, 0.15) is 5.82 Å². The van der Waals surface area contributed by atoms with Crippen molar-refractivity contribution >= 4 is 16.6 Å². The van der Waals surface area contributed by atoms with Crippen LogP contribution in [0.25, 0.3) is 10.9 Å². The number of aromatic nitrogens is 2. The Balaban J connectivity index is 1.78. The molecule has 4 nitrogen and oxygen atoms in total. The van der Waals surface area contributed by atoms with Crippen LogP contribution in [0.4, 0.5) is 5.69 Å². The second kappa shape index (κ2) is 5.54. The monoisotopic (exact) mass is 305 g/mol.